The van der Waals surface area contributed by atoms with E-state index in [1.54, 1.807) is 24.3 Å². The third-order valence-corrected chi connectivity index (χ3v) is 3.26. The van der Waals surface area contributed by atoms with Crippen LogP contribution in [0, 0.1) is 0 Å². The minimum Gasteiger partial charge on any atom is -0.453 e. The van der Waals surface area contributed by atoms with Crippen molar-refractivity contribution in [2.45, 2.75) is 25.4 Å². The van der Waals surface area contributed by atoms with E-state index >= 15 is 0 Å². The lowest BCUT2D eigenvalue weighted by atomic mass is 10.1. The van der Waals surface area contributed by atoms with E-state index in [0.29, 0.717) is 10.7 Å². The fraction of sp³-hybridized carbons (Fsp3) is 0.286. The number of halogens is 2. The Labute approximate surface area is 127 Å². The van der Waals surface area contributed by atoms with E-state index in [-0.39, 0.29) is 11.3 Å². The highest BCUT2D eigenvalue weighted by Crippen LogP contribution is 2.15. The van der Waals surface area contributed by atoms with E-state index in [0.717, 1.165) is 19.3 Å². The Hall–Kier alpha value is -1.52. The van der Waals surface area contributed by atoms with Gasteiger partial charge in [-0.1, -0.05) is 29.3 Å². The number of carbonyl (C=O) groups is 1. The van der Waals surface area contributed by atoms with E-state index < -0.39 is 5.97 Å². The van der Waals surface area contributed by atoms with Crippen molar-refractivity contribution in [1.29, 1.82) is 0 Å². The van der Waals surface area contributed by atoms with Crippen molar-refractivity contribution in [1.82, 2.24) is 0 Å². The number of rotatable bonds is 4. The van der Waals surface area contributed by atoms with Gasteiger partial charge in [-0.05, 0) is 49.6 Å². The lowest BCUT2D eigenvalue weighted by molar-refractivity contribution is -0.138. The average Bonchev–Trinajstić information content (AvgIpc) is 2.47. The van der Waals surface area contributed by atoms with Crippen molar-refractivity contribution in [3.8, 4) is 0 Å². The quantitative estimate of drug-likeness (QED) is 0.396. The van der Waals surface area contributed by atoms with E-state index in [2.05, 4.69) is 10.5 Å². The summed E-state index contributed by atoms with van der Waals surface area (Å²) in [5.41, 5.74) is 3.35. The molecule has 0 heterocycles. The molecular formula is C14H14Cl2N2O2. The van der Waals surface area contributed by atoms with E-state index in [1.807, 2.05) is 12.2 Å². The molecule has 0 aromatic heterocycles. The SMILES string of the molecule is O=C(OC1C=CCCC1)/C(Cl)=N/Nc1ccc(Cl)cc1. The molecule has 0 aliphatic heterocycles. The predicted molar refractivity (Wildman–Crippen MR) is 81.2 cm³/mol. The standard InChI is InChI=1S/C14H14Cl2N2O2/c15-10-6-8-11(9-7-10)17-18-13(16)14(19)20-12-4-2-1-3-5-12/h2,4,6-9,12,17H,1,3,5H2/b18-13-. The van der Waals surface area contributed by atoms with Gasteiger partial charge in [0, 0.05) is 5.02 Å². The monoisotopic (exact) mass is 312 g/mol. The molecule has 1 aliphatic rings. The molecule has 0 saturated heterocycles. The summed E-state index contributed by atoms with van der Waals surface area (Å²) in [5, 5.41) is 4.16. The highest BCUT2D eigenvalue weighted by Gasteiger charge is 2.17. The number of ether oxygens (including phenoxy) is 1. The summed E-state index contributed by atoms with van der Waals surface area (Å²) in [6.45, 7) is 0. The van der Waals surface area contributed by atoms with Gasteiger partial charge in [-0.25, -0.2) is 4.79 Å². The van der Waals surface area contributed by atoms with Gasteiger partial charge < -0.3 is 4.74 Å². The van der Waals surface area contributed by atoms with Gasteiger partial charge in [0.05, 0.1) is 5.69 Å². The van der Waals surface area contributed by atoms with E-state index in [4.69, 9.17) is 27.9 Å². The Morgan fingerprint density at radius 1 is 1.35 bits per heavy atom. The molecule has 0 amide bonds. The van der Waals surface area contributed by atoms with Crippen LogP contribution in [0.15, 0.2) is 41.5 Å². The van der Waals surface area contributed by atoms with Crippen LogP contribution < -0.4 is 5.43 Å². The van der Waals surface area contributed by atoms with Crippen LogP contribution in [0.3, 0.4) is 0 Å². The Morgan fingerprint density at radius 3 is 2.75 bits per heavy atom. The van der Waals surface area contributed by atoms with Gasteiger partial charge in [-0.3, -0.25) is 5.43 Å². The lowest BCUT2D eigenvalue weighted by Crippen LogP contribution is -2.22. The average molecular weight is 313 g/mol. The fourth-order valence-corrected chi connectivity index (χ4v) is 1.96. The molecule has 0 radical (unpaired) electrons. The minimum absolute atomic E-state index is 0.212. The van der Waals surface area contributed by atoms with E-state index in [1.165, 1.54) is 0 Å². The first-order valence-electron chi connectivity index (χ1n) is 6.27. The molecule has 4 nitrogen and oxygen atoms in total. The maximum absolute atomic E-state index is 11.7. The lowest BCUT2D eigenvalue weighted by Gasteiger charge is -2.16. The normalized spacial score (nSPS) is 18.7. The molecular weight excluding hydrogens is 299 g/mol. The second-order valence-electron chi connectivity index (χ2n) is 4.32. The third-order valence-electron chi connectivity index (χ3n) is 2.76. The van der Waals surface area contributed by atoms with Crippen molar-refractivity contribution in [3.63, 3.8) is 0 Å². The third kappa shape index (κ3) is 4.54. The molecule has 0 saturated carbocycles. The largest absolute Gasteiger partial charge is 0.453 e. The first-order valence-corrected chi connectivity index (χ1v) is 7.03. The summed E-state index contributed by atoms with van der Waals surface area (Å²) in [5.74, 6) is -0.635. The van der Waals surface area contributed by atoms with Crippen molar-refractivity contribution >= 4 is 40.0 Å². The van der Waals surface area contributed by atoms with Crippen LogP contribution in [0.2, 0.25) is 5.02 Å². The van der Waals surface area contributed by atoms with Crippen LogP contribution in [0.1, 0.15) is 19.3 Å². The number of benzene rings is 1. The van der Waals surface area contributed by atoms with Crippen molar-refractivity contribution in [3.05, 3.63) is 41.4 Å². The van der Waals surface area contributed by atoms with Gasteiger partial charge in [0.25, 0.3) is 0 Å². The van der Waals surface area contributed by atoms with Crippen LogP contribution in [-0.2, 0) is 9.53 Å². The molecule has 1 atom stereocenters. The molecule has 20 heavy (non-hydrogen) atoms. The molecule has 0 fully saturated rings. The molecule has 0 spiro atoms. The fourth-order valence-electron chi connectivity index (χ4n) is 1.75. The number of allylic oxidation sites excluding steroid dienone is 1. The Morgan fingerprint density at radius 2 is 2.10 bits per heavy atom. The van der Waals surface area contributed by atoms with Crippen LogP contribution in [0.5, 0.6) is 0 Å². The second-order valence-corrected chi connectivity index (χ2v) is 5.12. The zero-order valence-corrected chi connectivity index (χ0v) is 12.2. The molecule has 1 N–H and O–H groups in total. The topological polar surface area (TPSA) is 50.7 Å². The Kier molecular flexibility index (Phi) is 5.44. The van der Waals surface area contributed by atoms with Gasteiger partial charge in [-0.15, -0.1) is 0 Å². The van der Waals surface area contributed by atoms with Gasteiger partial charge >= 0.3 is 5.97 Å². The van der Waals surface area contributed by atoms with Gasteiger partial charge in [-0.2, -0.15) is 5.10 Å². The highest BCUT2D eigenvalue weighted by atomic mass is 35.5. The zero-order valence-electron chi connectivity index (χ0n) is 10.7. The van der Waals surface area contributed by atoms with Crippen LogP contribution >= 0.6 is 23.2 Å². The number of hydrogen-bond acceptors (Lipinski definition) is 4. The van der Waals surface area contributed by atoms with Crippen molar-refractivity contribution in [2.75, 3.05) is 5.43 Å². The van der Waals surface area contributed by atoms with Crippen molar-refractivity contribution in [2.24, 2.45) is 5.10 Å². The molecule has 2 rings (SSSR count). The molecule has 1 aromatic rings. The first-order chi connectivity index (χ1) is 9.65. The van der Waals surface area contributed by atoms with Gasteiger partial charge in [0.2, 0.25) is 5.17 Å². The Bertz CT molecular complexity index is 526. The smallest absolute Gasteiger partial charge is 0.371 e. The number of nitrogens with one attached hydrogen (secondary N) is 1. The first kappa shape index (κ1) is 14.9. The van der Waals surface area contributed by atoms with Gasteiger partial charge in [0.1, 0.15) is 6.10 Å². The second kappa shape index (κ2) is 7.31. The summed E-state index contributed by atoms with van der Waals surface area (Å²) >= 11 is 11.6. The van der Waals surface area contributed by atoms with Gasteiger partial charge in [0.15, 0.2) is 0 Å². The number of hydrazone groups is 1. The van der Waals surface area contributed by atoms with Crippen LogP contribution in [-0.4, -0.2) is 17.2 Å². The van der Waals surface area contributed by atoms with E-state index in [9.17, 15) is 4.79 Å². The number of hydrogen-bond donors (Lipinski definition) is 1. The molecule has 106 valence electrons. The molecule has 1 aliphatic carbocycles. The summed E-state index contributed by atoms with van der Waals surface area (Å²) in [6.07, 6.45) is 6.50. The number of nitrogens with zero attached hydrogens (tertiary/aromatic N) is 1. The summed E-state index contributed by atoms with van der Waals surface area (Å²) in [7, 11) is 0. The summed E-state index contributed by atoms with van der Waals surface area (Å²) in [6, 6.07) is 6.87. The summed E-state index contributed by atoms with van der Waals surface area (Å²) in [4.78, 5) is 11.7. The van der Waals surface area contributed by atoms with Crippen LogP contribution in [0.25, 0.3) is 0 Å². The van der Waals surface area contributed by atoms with Crippen LogP contribution in [0.4, 0.5) is 5.69 Å². The Balaban J connectivity index is 1.88. The zero-order chi connectivity index (χ0) is 14.4. The highest BCUT2D eigenvalue weighted by molar-refractivity contribution is 6.82. The molecule has 1 aromatic carbocycles. The maximum Gasteiger partial charge on any atom is 0.371 e. The van der Waals surface area contributed by atoms with Crippen molar-refractivity contribution < 1.29 is 9.53 Å². The summed E-state index contributed by atoms with van der Waals surface area (Å²) < 4.78 is 5.21. The molecule has 1 unspecified atom stereocenters. The minimum atomic E-state index is -0.635. The number of esters is 1. The number of carbonyl (C=O) groups excluding carboxylic acids is 1. The number of anilines is 1. The molecule has 0 bridgehead atoms. The molecule has 6 heteroatoms. The predicted octanol–water partition coefficient (Wildman–Crippen LogP) is 3.96. The maximum atomic E-state index is 11.7.